The van der Waals surface area contributed by atoms with E-state index in [9.17, 15) is 30.6 Å². The lowest BCUT2D eigenvalue weighted by Crippen LogP contribution is -2.24. The summed E-state index contributed by atoms with van der Waals surface area (Å²) in [4.78, 5) is 0. The lowest BCUT2D eigenvalue weighted by molar-refractivity contribution is 0.0869. The molecule has 1 aliphatic heterocycles. The zero-order valence-corrected chi connectivity index (χ0v) is 11.3. The van der Waals surface area contributed by atoms with Crippen LogP contribution < -0.4 is 4.74 Å². The number of hydrogen-bond acceptors (Lipinski definition) is 7. The molecule has 0 fully saturated rings. The maximum absolute atomic E-state index is 10.4. The van der Waals surface area contributed by atoms with Crippen LogP contribution in [0.3, 0.4) is 0 Å². The fourth-order valence-electron chi connectivity index (χ4n) is 2.56. The fourth-order valence-corrected chi connectivity index (χ4v) is 2.56. The Labute approximate surface area is 124 Å². The molecule has 2 aromatic carbocycles. The number of aliphatic hydroxyl groups excluding tert-OH is 1. The van der Waals surface area contributed by atoms with Crippen LogP contribution in [-0.4, -0.2) is 37.2 Å². The third-order valence-electron chi connectivity index (χ3n) is 3.79. The summed E-state index contributed by atoms with van der Waals surface area (Å²) in [5.41, 5.74) is 0.444. The number of fused-ring (bicyclic) bond motifs is 1. The van der Waals surface area contributed by atoms with Crippen LogP contribution in [0.2, 0.25) is 0 Å². The highest BCUT2D eigenvalue weighted by molar-refractivity contribution is 5.57. The molecule has 7 nitrogen and oxygen atoms in total. The minimum absolute atomic E-state index is 0.0177. The molecule has 0 saturated heterocycles. The minimum Gasteiger partial charge on any atom is -0.504 e. The Bertz CT molecular complexity index is 741. The highest BCUT2D eigenvalue weighted by atomic mass is 16.5. The Kier molecular flexibility index (Phi) is 3.14. The molecule has 0 spiro atoms. The lowest BCUT2D eigenvalue weighted by Gasteiger charge is -2.31. The van der Waals surface area contributed by atoms with Gasteiger partial charge in [0.05, 0.1) is 18.6 Å². The van der Waals surface area contributed by atoms with E-state index in [1.807, 2.05) is 0 Å². The zero-order chi connectivity index (χ0) is 16.0. The number of benzene rings is 2. The molecule has 22 heavy (non-hydrogen) atoms. The predicted molar refractivity (Wildman–Crippen MR) is 74.4 cm³/mol. The topological polar surface area (TPSA) is 131 Å². The van der Waals surface area contributed by atoms with Gasteiger partial charge in [-0.2, -0.15) is 0 Å². The van der Waals surface area contributed by atoms with Crippen molar-refractivity contribution >= 4 is 0 Å². The highest BCUT2D eigenvalue weighted by Gasteiger charge is 2.34. The maximum atomic E-state index is 10.4. The van der Waals surface area contributed by atoms with E-state index >= 15 is 0 Å². The van der Waals surface area contributed by atoms with Crippen LogP contribution in [0.25, 0.3) is 0 Å². The van der Waals surface area contributed by atoms with Crippen molar-refractivity contribution in [3.63, 3.8) is 0 Å². The minimum atomic E-state index is -1.13. The molecule has 1 aliphatic rings. The van der Waals surface area contributed by atoms with Crippen LogP contribution in [0.4, 0.5) is 0 Å². The second kappa shape index (κ2) is 4.88. The summed E-state index contributed by atoms with van der Waals surface area (Å²) in [5.74, 6) is -2.96. The molecule has 0 radical (unpaired) electrons. The largest absolute Gasteiger partial charge is 0.504 e. The van der Waals surface area contributed by atoms with E-state index in [0.29, 0.717) is 0 Å². The van der Waals surface area contributed by atoms with Gasteiger partial charge in [0, 0.05) is 17.2 Å². The Hall–Kier alpha value is -2.80. The first-order chi connectivity index (χ1) is 10.4. The highest BCUT2D eigenvalue weighted by Crippen LogP contribution is 2.48. The average molecular weight is 306 g/mol. The SMILES string of the molecule is Oc1cc2c(cc1O)C(O)C(c1ccc(O)c(O)c1O)CO2. The first-order valence-electron chi connectivity index (χ1n) is 6.50. The third-order valence-corrected chi connectivity index (χ3v) is 3.79. The van der Waals surface area contributed by atoms with Crippen LogP contribution in [0.15, 0.2) is 24.3 Å². The van der Waals surface area contributed by atoms with Crippen molar-refractivity contribution in [3.8, 4) is 34.5 Å². The van der Waals surface area contributed by atoms with Gasteiger partial charge in [0.25, 0.3) is 0 Å². The molecule has 6 N–H and O–H groups in total. The summed E-state index contributed by atoms with van der Waals surface area (Å²) in [6.07, 6.45) is -1.13. The van der Waals surface area contributed by atoms with Gasteiger partial charge in [-0.25, -0.2) is 0 Å². The van der Waals surface area contributed by atoms with E-state index in [1.54, 1.807) is 0 Å². The molecule has 2 aromatic rings. The maximum Gasteiger partial charge on any atom is 0.200 e. The van der Waals surface area contributed by atoms with E-state index in [0.717, 1.165) is 0 Å². The van der Waals surface area contributed by atoms with Crippen molar-refractivity contribution in [1.29, 1.82) is 0 Å². The molecule has 0 aliphatic carbocycles. The van der Waals surface area contributed by atoms with Gasteiger partial charge >= 0.3 is 0 Å². The van der Waals surface area contributed by atoms with Crippen molar-refractivity contribution in [2.24, 2.45) is 0 Å². The molecule has 0 bridgehead atoms. The van der Waals surface area contributed by atoms with Crippen molar-refractivity contribution in [3.05, 3.63) is 35.4 Å². The Morgan fingerprint density at radius 1 is 0.818 bits per heavy atom. The summed E-state index contributed by atoms with van der Waals surface area (Å²) in [6.45, 7) is -0.0177. The summed E-state index contributed by atoms with van der Waals surface area (Å²) in [6, 6.07) is 4.94. The molecular formula is C15H14O7. The van der Waals surface area contributed by atoms with E-state index < -0.39 is 35.0 Å². The molecule has 0 amide bonds. The molecule has 2 unspecified atom stereocenters. The monoisotopic (exact) mass is 306 g/mol. The van der Waals surface area contributed by atoms with Gasteiger partial charge in [-0.3, -0.25) is 0 Å². The molecule has 2 atom stereocenters. The quantitative estimate of drug-likeness (QED) is 0.439. The van der Waals surface area contributed by atoms with E-state index in [1.165, 1.54) is 24.3 Å². The van der Waals surface area contributed by atoms with Gasteiger partial charge in [-0.05, 0) is 12.1 Å². The van der Waals surface area contributed by atoms with Gasteiger partial charge in [0.1, 0.15) is 5.75 Å². The van der Waals surface area contributed by atoms with Gasteiger partial charge in [-0.1, -0.05) is 6.07 Å². The van der Waals surface area contributed by atoms with Crippen LogP contribution >= 0.6 is 0 Å². The average Bonchev–Trinajstić information content (AvgIpc) is 2.49. The Morgan fingerprint density at radius 2 is 1.50 bits per heavy atom. The first-order valence-corrected chi connectivity index (χ1v) is 6.50. The first kappa shape index (κ1) is 14.2. The standard InChI is InChI=1S/C15H14O7/c16-9-2-1-6(14(20)15(9)21)8-5-22-12-4-11(18)10(17)3-7(12)13(8)19/h1-4,8,13,16-21H,5H2. The number of rotatable bonds is 1. The summed E-state index contributed by atoms with van der Waals surface area (Å²) in [5, 5.41) is 58.3. The third kappa shape index (κ3) is 2.03. The molecule has 0 aromatic heterocycles. The Balaban J connectivity index is 2.05. The van der Waals surface area contributed by atoms with E-state index in [4.69, 9.17) is 4.74 Å². The number of ether oxygens (including phenoxy) is 1. The normalized spacial score (nSPS) is 20.2. The van der Waals surface area contributed by atoms with Gasteiger partial charge in [-0.15, -0.1) is 0 Å². The molecule has 1 heterocycles. The van der Waals surface area contributed by atoms with Crippen LogP contribution in [0, 0.1) is 0 Å². The lowest BCUT2D eigenvalue weighted by atomic mass is 9.86. The van der Waals surface area contributed by atoms with Crippen LogP contribution in [0.5, 0.6) is 34.5 Å². The fraction of sp³-hybridized carbons (Fsp3) is 0.200. The second-order valence-corrected chi connectivity index (χ2v) is 5.11. The van der Waals surface area contributed by atoms with Crippen molar-refractivity contribution in [1.82, 2.24) is 0 Å². The Morgan fingerprint density at radius 3 is 2.23 bits per heavy atom. The van der Waals surface area contributed by atoms with Gasteiger partial charge < -0.3 is 35.4 Å². The number of hydrogen-bond donors (Lipinski definition) is 6. The summed E-state index contributed by atoms with van der Waals surface area (Å²) >= 11 is 0. The number of aromatic hydroxyl groups is 5. The van der Waals surface area contributed by atoms with Crippen LogP contribution in [-0.2, 0) is 0 Å². The van der Waals surface area contributed by atoms with Crippen molar-refractivity contribution < 1.29 is 35.4 Å². The summed E-state index contributed by atoms with van der Waals surface area (Å²) in [7, 11) is 0. The van der Waals surface area contributed by atoms with E-state index in [2.05, 4.69) is 0 Å². The number of aliphatic hydroxyl groups is 1. The van der Waals surface area contributed by atoms with Crippen molar-refractivity contribution in [2.75, 3.05) is 6.61 Å². The zero-order valence-electron chi connectivity index (χ0n) is 11.3. The van der Waals surface area contributed by atoms with Crippen LogP contribution in [0.1, 0.15) is 23.1 Å². The number of phenolic OH excluding ortho intramolecular Hbond substituents is 5. The van der Waals surface area contributed by atoms with E-state index in [-0.39, 0.29) is 29.2 Å². The number of phenols is 5. The summed E-state index contributed by atoms with van der Waals surface area (Å²) < 4.78 is 5.44. The smallest absolute Gasteiger partial charge is 0.200 e. The molecule has 3 rings (SSSR count). The molecule has 0 saturated carbocycles. The predicted octanol–water partition coefficient (Wildman–Crippen LogP) is 1.42. The van der Waals surface area contributed by atoms with Gasteiger partial charge in [0.2, 0.25) is 5.75 Å². The van der Waals surface area contributed by atoms with Crippen molar-refractivity contribution in [2.45, 2.75) is 12.0 Å². The second-order valence-electron chi connectivity index (χ2n) is 5.11. The molecular weight excluding hydrogens is 292 g/mol. The molecule has 7 heteroatoms. The van der Waals surface area contributed by atoms with Gasteiger partial charge in [0.15, 0.2) is 23.0 Å². The molecule has 116 valence electrons.